The summed E-state index contributed by atoms with van der Waals surface area (Å²) in [6.45, 7) is 7.04. The van der Waals surface area contributed by atoms with Crippen molar-refractivity contribution < 1.29 is 23.9 Å². The number of nitrogens with zero attached hydrogens (tertiary/aromatic N) is 1. The maximum absolute atomic E-state index is 12.7. The van der Waals surface area contributed by atoms with Crippen molar-refractivity contribution in [1.29, 1.82) is 0 Å². The van der Waals surface area contributed by atoms with Gasteiger partial charge in [-0.05, 0) is 63.9 Å². The lowest BCUT2D eigenvalue weighted by atomic mass is 10.0. The highest BCUT2D eigenvalue weighted by Gasteiger charge is 2.27. The number of H-pyrrole nitrogens is 1. The molecule has 1 aliphatic heterocycles. The maximum Gasteiger partial charge on any atom is 0.338 e. The molecule has 0 bridgehead atoms. The van der Waals surface area contributed by atoms with E-state index in [9.17, 15) is 19.2 Å². The van der Waals surface area contributed by atoms with Crippen LogP contribution >= 0.6 is 0 Å². The molecule has 1 fully saturated rings. The molecule has 1 aromatic heterocycles. The van der Waals surface area contributed by atoms with Crippen LogP contribution in [0.1, 0.15) is 69.2 Å². The Morgan fingerprint density at radius 2 is 1.79 bits per heavy atom. The number of aromatic amines is 1. The largest absolute Gasteiger partial charge is 0.451 e. The molecular formula is C22H24N2O5. The van der Waals surface area contributed by atoms with Crippen LogP contribution < -0.4 is 4.90 Å². The molecule has 2 heterocycles. The number of carbonyl (C=O) groups excluding carboxylic acids is 4. The summed E-state index contributed by atoms with van der Waals surface area (Å²) in [4.78, 5) is 53.3. The summed E-state index contributed by atoms with van der Waals surface area (Å²) >= 11 is 0. The first-order valence-electron chi connectivity index (χ1n) is 9.56. The van der Waals surface area contributed by atoms with Crippen molar-refractivity contribution in [2.75, 3.05) is 11.4 Å². The number of Topliss-reactive ketones (excluding diaryl/α,β-unsaturated/α-hetero) is 2. The molecule has 7 nitrogen and oxygen atoms in total. The van der Waals surface area contributed by atoms with E-state index in [0.717, 1.165) is 12.1 Å². The first-order chi connectivity index (χ1) is 13.7. The molecule has 1 aromatic carbocycles. The molecule has 0 saturated carbocycles. The van der Waals surface area contributed by atoms with Crippen LogP contribution in [-0.4, -0.2) is 41.1 Å². The summed E-state index contributed by atoms with van der Waals surface area (Å²) in [5.74, 6) is -1.08. The Labute approximate surface area is 169 Å². The second kappa shape index (κ2) is 8.03. The van der Waals surface area contributed by atoms with Crippen LogP contribution in [0, 0.1) is 13.8 Å². The standard InChI is InChI=1S/C22H24N2O5/c1-12-19(14(3)25)13(2)23-20(12)21(27)15(4)29-22(28)16-7-9-17(10-8-16)24-11-5-6-18(24)26/h7-10,15,23H,5-6,11H2,1-4H3/t15-/m0/s1. The van der Waals surface area contributed by atoms with Crippen molar-refractivity contribution in [3.8, 4) is 0 Å². The summed E-state index contributed by atoms with van der Waals surface area (Å²) in [5, 5.41) is 0. The Morgan fingerprint density at radius 3 is 2.31 bits per heavy atom. The third-order valence-corrected chi connectivity index (χ3v) is 5.18. The van der Waals surface area contributed by atoms with Crippen LogP contribution in [0.4, 0.5) is 5.69 Å². The van der Waals surface area contributed by atoms with Crippen molar-refractivity contribution in [3.63, 3.8) is 0 Å². The predicted molar refractivity (Wildman–Crippen MR) is 108 cm³/mol. The SMILES string of the molecule is CC(=O)c1c(C)[nH]c(C(=O)[C@H](C)OC(=O)c2ccc(N3CCCC3=O)cc2)c1C. The number of benzene rings is 1. The molecule has 1 saturated heterocycles. The van der Waals surface area contributed by atoms with E-state index < -0.39 is 17.9 Å². The summed E-state index contributed by atoms with van der Waals surface area (Å²) in [5.41, 5.74) is 2.97. The first-order valence-corrected chi connectivity index (χ1v) is 9.56. The molecule has 1 amide bonds. The quantitative estimate of drug-likeness (QED) is 0.596. The number of amides is 1. The number of hydrogen-bond donors (Lipinski definition) is 1. The van der Waals surface area contributed by atoms with E-state index in [4.69, 9.17) is 4.74 Å². The van der Waals surface area contributed by atoms with Crippen LogP contribution in [0.3, 0.4) is 0 Å². The first kappa shape index (κ1) is 20.5. The molecule has 152 valence electrons. The molecule has 0 aliphatic carbocycles. The lowest BCUT2D eigenvalue weighted by molar-refractivity contribution is -0.117. The van der Waals surface area contributed by atoms with Gasteiger partial charge in [-0.15, -0.1) is 0 Å². The Kier molecular flexibility index (Phi) is 5.68. The highest BCUT2D eigenvalue weighted by atomic mass is 16.5. The van der Waals surface area contributed by atoms with Gasteiger partial charge in [-0.3, -0.25) is 14.4 Å². The summed E-state index contributed by atoms with van der Waals surface area (Å²) < 4.78 is 5.33. The molecule has 3 rings (SSSR count). The zero-order chi connectivity index (χ0) is 21.3. The van der Waals surface area contributed by atoms with Crippen molar-refractivity contribution in [2.24, 2.45) is 0 Å². The Balaban J connectivity index is 1.70. The fourth-order valence-corrected chi connectivity index (χ4v) is 3.71. The van der Waals surface area contributed by atoms with Gasteiger partial charge in [-0.2, -0.15) is 0 Å². The van der Waals surface area contributed by atoms with E-state index in [-0.39, 0.29) is 17.4 Å². The van der Waals surface area contributed by atoms with Gasteiger partial charge >= 0.3 is 5.97 Å². The van der Waals surface area contributed by atoms with Crippen molar-refractivity contribution in [1.82, 2.24) is 4.98 Å². The topological polar surface area (TPSA) is 96.5 Å². The van der Waals surface area contributed by atoms with Crippen LogP contribution in [0.5, 0.6) is 0 Å². The van der Waals surface area contributed by atoms with Crippen LogP contribution in [0.15, 0.2) is 24.3 Å². The van der Waals surface area contributed by atoms with Crippen molar-refractivity contribution >= 4 is 29.1 Å². The molecule has 0 spiro atoms. The third kappa shape index (κ3) is 3.99. The molecule has 7 heteroatoms. The fraction of sp³-hybridized carbons (Fsp3) is 0.364. The molecule has 1 N–H and O–H groups in total. The number of esters is 1. The molecular weight excluding hydrogens is 372 g/mol. The lowest BCUT2D eigenvalue weighted by Gasteiger charge is -2.16. The number of hydrogen-bond acceptors (Lipinski definition) is 5. The lowest BCUT2D eigenvalue weighted by Crippen LogP contribution is -2.26. The van der Waals surface area contributed by atoms with Gasteiger partial charge in [0, 0.05) is 29.9 Å². The number of anilines is 1. The average molecular weight is 396 g/mol. The van der Waals surface area contributed by atoms with Crippen LogP contribution in [0.25, 0.3) is 0 Å². The molecule has 1 atom stereocenters. The van der Waals surface area contributed by atoms with E-state index in [1.807, 2.05) is 0 Å². The zero-order valence-corrected chi connectivity index (χ0v) is 17.0. The second-order valence-electron chi connectivity index (χ2n) is 7.29. The number of aromatic nitrogens is 1. The van der Waals surface area contributed by atoms with E-state index in [0.29, 0.717) is 35.3 Å². The van der Waals surface area contributed by atoms with E-state index in [1.165, 1.54) is 13.8 Å². The third-order valence-electron chi connectivity index (χ3n) is 5.18. The van der Waals surface area contributed by atoms with E-state index >= 15 is 0 Å². The van der Waals surface area contributed by atoms with E-state index in [2.05, 4.69) is 4.98 Å². The van der Waals surface area contributed by atoms with Gasteiger partial charge in [0.15, 0.2) is 11.9 Å². The average Bonchev–Trinajstić information content (AvgIpc) is 3.23. The minimum Gasteiger partial charge on any atom is -0.451 e. The minimum atomic E-state index is -1.01. The van der Waals surface area contributed by atoms with Gasteiger partial charge in [0.2, 0.25) is 11.7 Å². The molecule has 0 unspecified atom stereocenters. The Morgan fingerprint density at radius 1 is 1.14 bits per heavy atom. The van der Waals surface area contributed by atoms with Crippen LogP contribution in [0.2, 0.25) is 0 Å². The highest BCUT2D eigenvalue weighted by Crippen LogP contribution is 2.23. The zero-order valence-electron chi connectivity index (χ0n) is 17.0. The van der Waals surface area contributed by atoms with Gasteiger partial charge in [0.25, 0.3) is 0 Å². The number of carbonyl (C=O) groups is 4. The predicted octanol–water partition coefficient (Wildman–Crippen LogP) is 3.39. The number of ketones is 2. The molecule has 29 heavy (non-hydrogen) atoms. The van der Waals surface area contributed by atoms with Gasteiger partial charge < -0.3 is 14.6 Å². The minimum absolute atomic E-state index is 0.0705. The van der Waals surface area contributed by atoms with Crippen LogP contribution in [-0.2, 0) is 9.53 Å². The van der Waals surface area contributed by atoms with Gasteiger partial charge in [-0.1, -0.05) is 0 Å². The normalized spacial score (nSPS) is 14.8. The van der Waals surface area contributed by atoms with Gasteiger partial charge in [-0.25, -0.2) is 4.79 Å². The Hall–Kier alpha value is -3.22. The monoisotopic (exact) mass is 396 g/mol. The van der Waals surface area contributed by atoms with Gasteiger partial charge in [0.05, 0.1) is 11.3 Å². The summed E-state index contributed by atoms with van der Waals surface area (Å²) in [7, 11) is 0. The number of aryl methyl sites for hydroxylation is 1. The summed E-state index contributed by atoms with van der Waals surface area (Å²) in [6.07, 6.45) is 0.344. The highest BCUT2D eigenvalue weighted by molar-refractivity contribution is 6.05. The maximum atomic E-state index is 12.7. The van der Waals surface area contributed by atoms with Crippen molar-refractivity contribution in [3.05, 3.63) is 52.3 Å². The summed E-state index contributed by atoms with van der Waals surface area (Å²) in [6, 6.07) is 6.56. The number of ether oxygens (including phenoxy) is 1. The molecule has 2 aromatic rings. The molecule has 0 radical (unpaired) electrons. The smallest absolute Gasteiger partial charge is 0.338 e. The number of nitrogens with one attached hydrogen (secondary N) is 1. The second-order valence-corrected chi connectivity index (χ2v) is 7.29. The fourth-order valence-electron chi connectivity index (χ4n) is 3.71. The van der Waals surface area contributed by atoms with Crippen molar-refractivity contribution in [2.45, 2.75) is 46.6 Å². The van der Waals surface area contributed by atoms with E-state index in [1.54, 1.807) is 43.0 Å². The number of rotatable bonds is 6. The van der Waals surface area contributed by atoms with Gasteiger partial charge in [0.1, 0.15) is 0 Å². The molecule has 1 aliphatic rings. The Bertz CT molecular complexity index is 987.